The maximum atomic E-state index is 12.6. The van der Waals surface area contributed by atoms with E-state index in [1.165, 1.54) is 6.26 Å². The summed E-state index contributed by atoms with van der Waals surface area (Å²) in [5.74, 6) is -0.115. The van der Waals surface area contributed by atoms with Crippen molar-refractivity contribution in [2.24, 2.45) is 5.92 Å². The number of halogens is 1. The fourth-order valence-electron chi connectivity index (χ4n) is 2.82. The van der Waals surface area contributed by atoms with Crippen molar-refractivity contribution in [2.75, 3.05) is 6.26 Å². The molecule has 0 amide bonds. The normalized spacial score (nSPS) is 23.6. The molecule has 1 aliphatic rings. The highest BCUT2D eigenvalue weighted by atomic mass is 79.9. The Morgan fingerprint density at radius 2 is 2.00 bits per heavy atom. The molecule has 1 saturated carbocycles. The Kier molecular flexibility index (Phi) is 4.69. The molecule has 0 aromatic heterocycles. The molecule has 0 heterocycles. The average Bonchev–Trinajstić information content (AvgIpc) is 2.40. The van der Waals surface area contributed by atoms with Crippen LogP contribution in [-0.2, 0) is 9.84 Å². The molecule has 2 atom stereocenters. The molecule has 1 aromatic carbocycles. The fourth-order valence-corrected chi connectivity index (χ4v) is 4.44. The number of rotatable bonds is 3. The van der Waals surface area contributed by atoms with Crippen molar-refractivity contribution in [1.29, 1.82) is 0 Å². The Labute approximate surface area is 128 Å². The van der Waals surface area contributed by atoms with Crippen LogP contribution in [-0.4, -0.2) is 25.7 Å². The van der Waals surface area contributed by atoms with Crippen molar-refractivity contribution in [3.8, 4) is 0 Å². The minimum Gasteiger partial charge on any atom is -0.294 e. The number of aryl methyl sites for hydroxylation is 1. The van der Waals surface area contributed by atoms with Crippen molar-refractivity contribution in [2.45, 2.75) is 37.9 Å². The van der Waals surface area contributed by atoms with Crippen molar-refractivity contribution < 1.29 is 13.2 Å². The van der Waals surface area contributed by atoms with Crippen molar-refractivity contribution in [3.63, 3.8) is 0 Å². The molecule has 5 heteroatoms. The van der Waals surface area contributed by atoms with Gasteiger partial charge < -0.3 is 0 Å². The number of carbonyl (C=O) groups is 1. The second-order valence-corrected chi connectivity index (χ2v) is 8.84. The topological polar surface area (TPSA) is 51.2 Å². The molecule has 0 saturated heterocycles. The standard InChI is InChI=1S/C15H19BrO3S/c1-10-6-7-14(16)13(8-10)15(17)11-4-3-5-12(9-11)20(2,18)19/h6-8,11-12H,3-5,9H2,1-2H3. The van der Waals surface area contributed by atoms with E-state index in [0.717, 1.165) is 22.9 Å². The van der Waals surface area contributed by atoms with Gasteiger partial charge in [-0.3, -0.25) is 4.79 Å². The van der Waals surface area contributed by atoms with Crippen LogP contribution in [0.2, 0.25) is 0 Å². The molecule has 0 radical (unpaired) electrons. The molecule has 1 fully saturated rings. The number of benzene rings is 1. The lowest BCUT2D eigenvalue weighted by Crippen LogP contribution is -2.31. The van der Waals surface area contributed by atoms with Crippen LogP contribution in [0.25, 0.3) is 0 Å². The lowest BCUT2D eigenvalue weighted by atomic mass is 9.83. The minimum absolute atomic E-state index is 0.0638. The maximum absolute atomic E-state index is 12.6. The summed E-state index contributed by atoms with van der Waals surface area (Å²) in [7, 11) is -3.06. The molecule has 0 spiro atoms. The molecule has 0 bridgehead atoms. The Bertz CT molecular complexity index is 622. The van der Waals surface area contributed by atoms with Gasteiger partial charge in [0.2, 0.25) is 0 Å². The van der Waals surface area contributed by atoms with Crippen LogP contribution in [0.15, 0.2) is 22.7 Å². The Morgan fingerprint density at radius 1 is 1.30 bits per heavy atom. The first-order valence-electron chi connectivity index (χ1n) is 6.78. The summed E-state index contributed by atoms with van der Waals surface area (Å²) in [6.07, 6.45) is 3.99. The monoisotopic (exact) mass is 358 g/mol. The summed E-state index contributed by atoms with van der Waals surface area (Å²) in [5, 5.41) is -0.367. The molecule has 110 valence electrons. The molecule has 2 rings (SSSR count). The van der Waals surface area contributed by atoms with Crippen molar-refractivity contribution in [1.82, 2.24) is 0 Å². The number of Topliss-reactive ketones (excluding diaryl/α,β-unsaturated/α-hetero) is 1. The second-order valence-electron chi connectivity index (χ2n) is 5.66. The van der Waals surface area contributed by atoms with Crippen molar-refractivity contribution >= 4 is 31.6 Å². The Morgan fingerprint density at radius 3 is 2.65 bits per heavy atom. The van der Waals surface area contributed by atoms with Gasteiger partial charge in [-0.15, -0.1) is 0 Å². The third kappa shape index (κ3) is 3.50. The van der Waals surface area contributed by atoms with E-state index in [-0.39, 0.29) is 17.0 Å². The van der Waals surface area contributed by atoms with E-state index in [2.05, 4.69) is 15.9 Å². The van der Waals surface area contributed by atoms with Crippen LogP contribution in [0.4, 0.5) is 0 Å². The lowest BCUT2D eigenvalue weighted by Gasteiger charge is -2.27. The summed E-state index contributed by atoms with van der Waals surface area (Å²) in [4.78, 5) is 12.6. The quantitative estimate of drug-likeness (QED) is 0.776. The van der Waals surface area contributed by atoms with Crippen molar-refractivity contribution in [3.05, 3.63) is 33.8 Å². The largest absolute Gasteiger partial charge is 0.294 e. The summed E-state index contributed by atoms with van der Waals surface area (Å²) < 4.78 is 24.2. The molecule has 0 aliphatic heterocycles. The van der Waals surface area contributed by atoms with E-state index in [1.807, 2.05) is 25.1 Å². The highest BCUT2D eigenvalue weighted by Gasteiger charge is 2.33. The fraction of sp³-hybridized carbons (Fsp3) is 0.533. The summed E-state index contributed by atoms with van der Waals surface area (Å²) in [6, 6.07) is 5.69. The van der Waals surface area contributed by atoms with Gasteiger partial charge in [-0.2, -0.15) is 0 Å². The summed E-state index contributed by atoms with van der Waals surface area (Å²) in [6.45, 7) is 1.95. The highest BCUT2D eigenvalue weighted by Crippen LogP contribution is 2.32. The van der Waals surface area contributed by atoms with Crippen LogP contribution in [0, 0.1) is 12.8 Å². The average molecular weight is 359 g/mol. The number of hydrogen-bond donors (Lipinski definition) is 0. The molecular weight excluding hydrogens is 340 g/mol. The third-order valence-corrected chi connectivity index (χ3v) is 6.32. The molecule has 1 aromatic rings. The van der Waals surface area contributed by atoms with E-state index in [0.29, 0.717) is 18.4 Å². The van der Waals surface area contributed by atoms with Crippen LogP contribution < -0.4 is 0 Å². The molecule has 1 aliphatic carbocycles. The van der Waals surface area contributed by atoms with E-state index < -0.39 is 9.84 Å². The first kappa shape index (κ1) is 15.7. The Balaban J connectivity index is 2.23. The first-order chi connectivity index (χ1) is 9.29. The number of carbonyl (C=O) groups excluding carboxylic acids is 1. The van der Waals surface area contributed by atoms with Gasteiger partial charge in [0.25, 0.3) is 0 Å². The number of ketones is 1. The lowest BCUT2D eigenvalue weighted by molar-refractivity contribution is 0.0890. The predicted octanol–water partition coefficient (Wildman–Crippen LogP) is 3.54. The number of sulfone groups is 1. The maximum Gasteiger partial charge on any atom is 0.167 e. The third-order valence-electron chi connectivity index (χ3n) is 3.99. The molecule has 3 nitrogen and oxygen atoms in total. The van der Waals surface area contributed by atoms with Gasteiger partial charge in [0.1, 0.15) is 9.84 Å². The van der Waals surface area contributed by atoms with Gasteiger partial charge in [0, 0.05) is 22.2 Å². The Hall–Kier alpha value is -0.680. The zero-order valence-corrected chi connectivity index (χ0v) is 14.1. The van der Waals surface area contributed by atoms with Crippen LogP contribution >= 0.6 is 15.9 Å². The first-order valence-corrected chi connectivity index (χ1v) is 9.53. The van der Waals surface area contributed by atoms with Gasteiger partial charge in [0.15, 0.2) is 5.78 Å². The number of hydrogen-bond acceptors (Lipinski definition) is 3. The smallest absolute Gasteiger partial charge is 0.167 e. The van der Waals surface area contributed by atoms with Gasteiger partial charge in [-0.1, -0.05) is 34.0 Å². The van der Waals surface area contributed by atoms with Crippen LogP contribution in [0.3, 0.4) is 0 Å². The SMILES string of the molecule is Cc1ccc(Br)c(C(=O)C2CCCC(S(C)(=O)=O)C2)c1. The highest BCUT2D eigenvalue weighted by molar-refractivity contribution is 9.10. The van der Waals surface area contributed by atoms with E-state index in [1.54, 1.807) is 0 Å². The summed E-state index contributed by atoms with van der Waals surface area (Å²) >= 11 is 3.41. The molecular formula is C15H19BrO3S. The van der Waals surface area contributed by atoms with Gasteiger partial charge in [-0.05, 0) is 38.3 Å². The predicted molar refractivity (Wildman–Crippen MR) is 83.8 cm³/mol. The van der Waals surface area contributed by atoms with Gasteiger partial charge in [0.05, 0.1) is 5.25 Å². The van der Waals surface area contributed by atoms with Gasteiger partial charge >= 0.3 is 0 Å². The molecule has 2 unspecified atom stereocenters. The summed E-state index contributed by atoms with van der Waals surface area (Å²) in [5.41, 5.74) is 1.70. The zero-order valence-electron chi connectivity index (χ0n) is 11.7. The van der Waals surface area contributed by atoms with E-state index in [9.17, 15) is 13.2 Å². The molecule has 0 N–H and O–H groups in total. The van der Waals surface area contributed by atoms with Gasteiger partial charge in [-0.25, -0.2) is 8.42 Å². The van der Waals surface area contributed by atoms with Crippen LogP contribution in [0.1, 0.15) is 41.6 Å². The molecule has 20 heavy (non-hydrogen) atoms. The zero-order chi connectivity index (χ0) is 14.9. The minimum atomic E-state index is -3.06. The van der Waals surface area contributed by atoms with Crippen LogP contribution in [0.5, 0.6) is 0 Å². The van der Waals surface area contributed by atoms with E-state index >= 15 is 0 Å². The van der Waals surface area contributed by atoms with E-state index in [4.69, 9.17) is 0 Å². The second kappa shape index (κ2) is 5.98.